The molecule has 2 aliphatic rings. The highest BCUT2D eigenvalue weighted by Crippen LogP contribution is 2.45. The maximum absolute atomic E-state index is 13.4. The third-order valence-electron chi connectivity index (χ3n) is 6.25. The van der Waals surface area contributed by atoms with Crippen molar-refractivity contribution < 1.29 is 29.3 Å². The predicted octanol–water partition coefficient (Wildman–Crippen LogP) is 4.93. The summed E-state index contributed by atoms with van der Waals surface area (Å²) < 4.78 is 11.8. The molecule has 0 radical (unpaired) electrons. The molecule has 1 atom stereocenters. The number of hydrogen-bond acceptors (Lipinski definition) is 10. The topological polar surface area (TPSA) is 122 Å². The molecular weight excluding hydrogens is 538 g/mol. The lowest BCUT2D eigenvalue weighted by Crippen LogP contribution is -2.29. The highest BCUT2D eigenvalue weighted by molar-refractivity contribution is 8.00. The van der Waals surface area contributed by atoms with Crippen LogP contribution in [-0.2, 0) is 15.3 Å². The van der Waals surface area contributed by atoms with Crippen molar-refractivity contribution in [3.63, 3.8) is 0 Å². The Morgan fingerprint density at radius 3 is 2.56 bits per heavy atom. The summed E-state index contributed by atoms with van der Waals surface area (Å²) in [6.07, 6.45) is 0. The van der Waals surface area contributed by atoms with E-state index < -0.39 is 17.7 Å². The van der Waals surface area contributed by atoms with Crippen LogP contribution in [0.3, 0.4) is 0 Å². The lowest BCUT2D eigenvalue weighted by Gasteiger charge is -2.23. The molecule has 3 heterocycles. The van der Waals surface area contributed by atoms with E-state index in [1.165, 1.54) is 40.1 Å². The number of fused-ring (bicyclic) bond motifs is 1. The van der Waals surface area contributed by atoms with E-state index in [4.69, 9.17) is 9.47 Å². The molecule has 9 nitrogen and oxygen atoms in total. The van der Waals surface area contributed by atoms with E-state index in [0.717, 1.165) is 5.56 Å². The zero-order chi connectivity index (χ0) is 26.9. The number of thioether (sulfide) groups is 1. The smallest absolute Gasteiger partial charge is 0.301 e. The number of aromatic nitrogens is 2. The Labute approximate surface area is 231 Å². The zero-order valence-electron chi connectivity index (χ0n) is 20.3. The second-order valence-corrected chi connectivity index (χ2v) is 10.9. The van der Waals surface area contributed by atoms with Gasteiger partial charge in [0.1, 0.15) is 24.7 Å². The molecule has 4 aromatic rings. The van der Waals surface area contributed by atoms with Crippen molar-refractivity contribution in [1.29, 1.82) is 0 Å². The summed E-state index contributed by atoms with van der Waals surface area (Å²) in [4.78, 5) is 28.0. The van der Waals surface area contributed by atoms with Crippen molar-refractivity contribution in [2.45, 2.75) is 16.1 Å². The summed E-state index contributed by atoms with van der Waals surface area (Å²) in [5.74, 6) is -0.524. The average Bonchev–Trinajstić information content (AvgIpc) is 3.53. The molecule has 6 rings (SSSR count). The Hall–Kier alpha value is -4.35. The second-order valence-electron chi connectivity index (χ2n) is 8.75. The zero-order valence-corrected chi connectivity index (χ0v) is 21.9. The Bertz CT molecular complexity index is 1600. The molecule has 2 aliphatic heterocycles. The molecule has 0 saturated carbocycles. The fourth-order valence-electron chi connectivity index (χ4n) is 4.46. The molecule has 0 unspecified atom stereocenters. The molecule has 1 aromatic heterocycles. The van der Waals surface area contributed by atoms with E-state index >= 15 is 0 Å². The molecule has 1 saturated heterocycles. The van der Waals surface area contributed by atoms with E-state index in [-0.39, 0.29) is 22.2 Å². The van der Waals surface area contributed by atoms with Gasteiger partial charge in [0, 0.05) is 11.3 Å². The number of rotatable bonds is 6. The molecule has 39 heavy (non-hydrogen) atoms. The van der Waals surface area contributed by atoms with Crippen molar-refractivity contribution in [3.05, 3.63) is 95.1 Å². The molecule has 11 heteroatoms. The Balaban J connectivity index is 1.40. The van der Waals surface area contributed by atoms with Gasteiger partial charge < -0.3 is 19.7 Å². The third kappa shape index (κ3) is 4.82. The molecule has 0 aliphatic carbocycles. The number of aliphatic hydroxyl groups is 1. The van der Waals surface area contributed by atoms with Gasteiger partial charge in [-0.25, -0.2) is 0 Å². The normalized spacial score (nSPS) is 17.9. The van der Waals surface area contributed by atoms with Crippen LogP contribution in [0.1, 0.15) is 22.7 Å². The van der Waals surface area contributed by atoms with Gasteiger partial charge in [-0.3, -0.25) is 14.5 Å². The number of Topliss-reactive ketones (excluding diaryl/α,β-unsaturated/α-hetero) is 1. The van der Waals surface area contributed by atoms with Gasteiger partial charge in [0.2, 0.25) is 5.13 Å². The molecule has 1 fully saturated rings. The Morgan fingerprint density at radius 2 is 1.77 bits per heavy atom. The largest absolute Gasteiger partial charge is 0.508 e. The van der Waals surface area contributed by atoms with Gasteiger partial charge in [-0.15, -0.1) is 10.2 Å². The fourth-order valence-corrected chi connectivity index (χ4v) is 6.29. The van der Waals surface area contributed by atoms with Gasteiger partial charge in [-0.05, 0) is 41.5 Å². The number of aromatic hydroxyl groups is 1. The van der Waals surface area contributed by atoms with E-state index in [0.29, 0.717) is 45.9 Å². The minimum absolute atomic E-state index is 0.0474. The minimum atomic E-state index is -1.04. The molecular formula is C28H21N3O6S2. The lowest BCUT2D eigenvalue weighted by molar-refractivity contribution is -0.132. The number of aliphatic hydroxyl groups excluding tert-OH is 1. The SMILES string of the molecule is O=C1C(=O)N(c2nnc(SCc3ccccc3)s2)[C@H](c2cccc(O)c2)/C1=C(\O)c1ccc2c(c1)OCCO2. The number of nitrogens with zero attached hydrogens (tertiary/aromatic N) is 3. The van der Waals surface area contributed by atoms with Crippen LogP contribution in [0.5, 0.6) is 17.2 Å². The number of amides is 1. The molecule has 1 amide bonds. The standard InChI is InChI=1S/C28H21N3O6S2/c32-19-8-4-7-17(13-19)23-22(24(33)18-9-10-20-21(14-18)37-12-11-36-20)25(34)26(35)31(23)27-29-30-28(39-27)38-15-16-5-2-1-3-6-16/h1-10,13-14,23,32-33H,11-12,15H2/b24-22+/t23-/m1/s1. The van der Waals surface area contributed by atoms with Crippen molar-refractivity contribution in [2.24, 2.45) is 0 Å². The number of phenols is 1. The molecule has 3 aromatic carbocycles. The number of anilines is 1. The number of hydrogen-bond donors (Lipinski definition) is 2. The number of ether oxygens (including phenoxy) is 2. The van der Waals surface area contributed by atoms with Gasteiger partial charge >= 0.3 is 5.91 Å². The molecule has 0 spiro atoms. The van der Waals surface area contributed by atoms with E-state index in [9.17, 15) is 19.8 Å². The van der Waals surface area contributed by atoms with Crippen LogP contribution in [0.4, 0.5) is 5.13 Å². The van der Waals surface area contributed by atoms with Crippen LogP contribution in [0, 0.1) is 0 Å². The van der Waals surface area contributed by atoms with E-state index in [1.807, 2.05) is 30.3 Å². The third-order valence-corrected chi connectivity index (χ3v) is 8.38. The quantitative estimate of drug-likeness (QED) is 0.111. The van der Waals surface area contributed by atoms with E-state index in [1.54, 1.807) is 30.3 Å². The highest BCUT2D eigenvalue weighted by Gasteiger charge is 2.48. The average molecular weight is 560 g/mol. The summed E-state index contributed by atoms with van der Waals surface area (Å²) >= 11 is 2.64. The van der Waals surface area contributed by atoms with Crippen LogP contribution in [0.15, 0.2) is 82.7 Å². The number of carbonyl (C=O) groups excluding carboxylic acids is 2. The number of phenolic OH excluding ortho intramolecular Hbond substituents is 1. The van der Waals surface area contributed by atoms with Gasteiger partial charge in [-0.2, -0.15) is 0 Å². The maximum atomic E-state index is 13.4. The van der Waals surface area contributed by atoms with E-state index in [2.05, 4.69) is 10.2 Å². The fraction of sp³-hybridized carbons (Fsp3) is 0.143. The number of benzene rings is 3. The highest BCUT2D eigenvalue weighted by atomic mass is 32.2. The van der Waals surface area contributed by atoms with Crippen LogP contribution >= 0.6 is 23.1 Å². The minimum Gasteiger partial charge on any atom is -0.508 e. The molecule has 196 valence electrons. The number of carbonyl (C=O) groups is 2. The summed E-state index contributed by atoms with van der Waals surface area (Å²) in [5.41, 5.74) is 1.70. The molecule has 2 N–H and O–H groups in total. The van der Waals surface area contributed by atoms with Crippen LogP contribution in [0.25, 0.3) is 5.76 Å². The second kappa shape index (κ2) is 10.4. The van der Waals surface area contributed by atoms with Crippen molar-refractivity contribution >= 4 is 45.7 Å². The van der Waals surface area contributed by atoms with Crippen molar-refractivity contribution in [1.82, 2.24) is 10.2 Å². The first-order valence-corrected chi connectivity index (χ1v) is 13.8. The maximum Gasteiger partial charge on any atom is 0.301 e. The first-order valence-electron chi connectivity index (χ1n) is 12.0. The summed E-state index contributed by atoms with van der Waals surface area (Å²) in [6.45, 7) is 0.765. The van der Waals surface area contributed by atoms with Gasteiger partial charge in [0.15, 0.2) is 15.8 Å². The van der Waals surface area contributed by atoms with Crippen molar-refractivity contribution in [2.75, 3.05) is 18.1 Å². The van der Waals surface area contributed by atoms with Gasteiger partial charge in [0.25, 0.3) is 5.78 Å². The van der Waals surface area contributed by atoms with Gasteiger partial charge in [-0.1, -0.05) is 65.6 Å². The Morgan fingerprint density at radius 1 is 0.974 bits per heavy atom. The predicted molar refractivity (Wildman–Crippen MR) is 146 cm³/mol. The van der Waals surface area contributed by atoms with Crippen LogP contribution in [-0.4, -0.2) is 45.3 Å². The molecule has 0 bridgehead atoms. The Kier molecular flexibility index (Phi) is 6.67. The number of ketones is 1. The van der Waals surface area contributed by atoms with Crippen LogP contribution < -0.4 is 14.4 Å². The van der Waals surface area contributed by atoms with Crippen molar-refractivity contribution in [3.8, 4) is 17.2 Å². The summed E-state index contributed by atoms with van der Waals surface area (Å²) in [5, 5.41) is 30.2. The first kappa shape index (κ1) is 25.0. The van der Waals surface area contributed by atoms with Gasteiger partial charge in [0.05, 0.1) is 11.6 Å². The summed E-state index contributed by atoms with van der Waals surface area (Å²) in [7, 11) is 0. The van der Waals surface area contributed by atoms with Crippen LogP contribution in [0.2, 0.25) is 0 Å². The summed E-state index contributed by atoms with van der Waals surface area (Å²) in [6, 6.07) is 19.9. The lowest BCUT2D eigenvalue weighted by atomic mass is 9.95. The first-order chi connectivity index (χ1) is 19.0. The monoisotopic (exact) mass is 559 g/mol.